The standard InChI is InChI=1S/C14H22FNO2S/c1-10(16-19(17)14(2,3)4)12-8-11(9-18-5)6-7-13(12)15/h6-8,10,16H,9H2,1-5H3/t10-,19?/m0/s1. The lowest BCUT2D eigenvalue weighted by atomic mass is 10.1. The summed E-state index contributed by atoms with van der Waals surface area (Å²) in [7, 11) is 0.362. The van der Waals surface area contributed by atoms with Crippen molar-refractivity contribution in [1.82, 2.24) is 4.72 Å². The first-order valence-corrected chi connectivity index (χ1v) is 7.36. The van der Waals surface area contributed by atoms with Crippen LogP contribution in [0.5, 0.6) is 0 Å². The average Bonchev–Trinajstić information content (AvgIpc) is 2.30. The molecule has 1 unspecified atom stereocenters. The molecule has 0 amide bonds. The highest BCUT2D eigenvalue weighted by Crippen LogP contribution is 2.21. The normalized spacial score (nSPS) is 15.3. The minimum Gasteiger partial charge on any atom is -0.380 e. The Morgan fingerprint density at radius 2 is 2.05 bits per heavy atom. The Bertz CT molecular complexity index is 457. The summed E-state index contributed by atoms with van der Waals surface area (Å²) in [6.07, 6.45) is 0. The smallest absolute Gasteiger partial charge is 0.128 e. The van der Waals surface area contributed by atoms with Crippen LogP contribution >= 0.6 is 0 Å². The fourth-order valence-corrected chi connectivity index (χ4v) is 2.38. The monoisotopic (exact) mass is 287 g/mol. The molecule has 0 saturated carbocycles. The highest BCUT2D eigenvalue weighted by atomic mass is 32.2. The van der Waals surface area contributed by atoms with Crippen molar-refractivity contribution in [3.8, 4) is 0 Å². The van der Waals surface area contributed by atoms with E-state index >= 15 is 0 Å². The first kappa shape index (κ1) is 16.3. The third kappa shape index (κ3) is 4.67. The second-order valence-electron chi connectivity index (χ2n) is 5.51. The van der Waals surface area contributed by atoms with Crippen LogP contribution in [0.15, 0.2) is 18.2 Å². The molecule has 2 atom stereocenters. The van der Waals surface area contributed by atoms with Gasteiger partial charge in [0.2, 0.25) is 0 Å². The van der Waals surface area contributed by atoms with Crippen molar-refractivity contribution in [2.24, 2.45) is 0 Å². The van der Waals surface area contributed by atoms with E-state index in [1.807, 2.05) is 20.8 Å². The quantitative estimate of drug-likeness (QED) is 0.904. The Morgan fingerprint density at radius 3 is 2.58 bits per heavy atom. The highest BCUT2D eigenvalue weighted by Gasteiger charge is 2.22. The van der Waals surface area contributed by atoms with Gasteiger partial charge in [-0.05, 0) is 45.4 Å². The number of rotatable bonds is 5. The zero-order chi connectivity index (χ0) is 14.6. The van der Waals surface area contributed by atoms with Crippen molar-refractivity contribution in [2.45, 2.75) is 45.1 Å². The van der Waals surface area contributed by atoms with Gasteiger partial charge in [0, 0.05) is 18.7 Å². The van der Waals surface area contributed by atoms with Crippen LogP contribution in [-0.4, -0.2) is 16.1 Å². The SMILES string of the molecule is COCc1ccc(F)c([C@H](C)NS(=O)C(C)(C)C)c1. The van der Waals surface area contributed by atoms with E-state index in [1.165, 1.54) is 6.07 Å². The second kappa shape index (κ2) is 6.59. The number of benzene rings is 1. The van der Waals surface area contributed by atoms with Gasteiger partial charge in [0.05, 0.1) is 22.3 Å². The number of hydrogen-bond acceptors (Lipinski definition) is 2. The van der Waals surface area contributed by atoms with Gasteiger partial charge < -0.3 is 4.74 Å². The van der Waals surface area contributed by atoms with Gasteiger partial charge in [-0.1, -0.05) is 6.07 Å². The summed E-state index contributed by atoms with van der Waals surface area (Å²) in [5.41, 5.74) is 1.40. The van der Waals surface area contributed by atoms with Crippen LogP contribution in [0.3, 0.4) is 0 Å². The molecule has 0 heterocycles. The summed E-state index contributed by atoms with van der Waals surface area (Å²) in [5.74, 6) is -0.300. The molecule has 1 N–H and O–H groups in total. The zero-order valence-corrected chi connectivity index (χ0v) is 12.9. The Balaban J connectivity index is 2.89. The third-order valence-corrected chi connectivity index (χ3v) is 4.36. The molecule has 0 fully saturated rings. The minimum atomic E-state index is -1.23. The fraction of sp³-hybridized carbons (Fsp3) is 0.571. The molecule has 1 aromatic carbocycles. The number of nitrogens with one attached hydrogen (secondary N) is 1. The van der Waals surface area contributed by atoms with Crippen molar-refractivity contribution in [3.05, 3.63) is 35.1 Å². The lowest BCUT2D eigenvalue weighted by molar-refractivity contribution is 0.184. The predicted octanol–water partition coefficient (Wildman–Crippen LogP) is 3.08. The molecular weight excluding hydrogens is 265 g/mol. The molecule has 1 aromatic rings. The molecule has 3 nitrogen and oxygen atoms in total. The van der Waals surface area contributed by atoms with Gasteiger partial charge in [0.15, 0.2) is 0 Å². The molecule has 0 aliphatic rings. The number of halogens is 1. The van der Waals surface area contributed by atoms with Crippen LogP contribution < -0.4 is 4.72 Å². The maximum Gasteiger partial charge on any atom is 0.128 e. The van der Waals surface area contributed by atoms with E-state index < -0.39 is 11.0 Å². The number of hydrogen-bond donors (Lipinski definition) is 1. The Kier molecular flexibility index (Phi) is 5.64. The van der Waals surface area contributed by atoms with Crippen LogP contribution in [0.1, 0.15) is 44.9 Å². The first-order chi connectivity index (χ1) is 8.75. The summed E-state index contributed by atoms with van der Waals surface area (Å²) in [4.78, 5) is 0. The average molecular weight is 287 g/mol. The van der Waals surface area contributed by atoms with E-state index in [1.54, 1.807) is 26.2 Å². The van der Waals surface area contributed by atoms with E-state index in [0.29, 0.717) is 12.2 Å². The lowest BCUT2D eigenvalue weighted by Crippen LogP contribution is -2.35. The van der Waals surface area contributed by atoms with Crippen LogP contribution in [-0.2, 0) is 22.3 Å². The third-order valence-electron chi connectivity index (χ3n) is 2.68. The van der Waals surface area contributed by atoms with Gasteiger partial charge >= 0.3 is 0 Å². The molecule has 0 spiro atoms. The topological polar surface area (TPSA) is 38.3 Å². The van der Waals surface area contributed by atoms with Gasteiger partial charge in [0.25, 0.3) is 0 Å². The van der Waals surface area contributed by atoms with Gasteiger partial charge in [-0.2, -0.15) is 0 Å². The Morgan fingerprint density at radius 1 is 1.42 bits per heavy atom. The van der Waals surface area contributed by atoms with Crippen LogP contribution in [0, 0.1) is 5.82 Å². The lowest BCUT2D eigenvalue weighted by Gasteiger charge is -2.22. The fourth-order valence-electron chi connectivity index (χ4n) is 1.58. The van der Waals surface area contributed by atoms with Gasteiger partial charge in [-0.15, -0.1) is 0 Å². The molecule has 1 rings (SSSR count). The van der Waals surface area contributed by atoms with Crippen LogP contribution in [0.25, 0.3) is 0 Å². The zero-order valence-electron chi connectivity index (χ0n) is 12.1. The molecule has 108 valence electrons. The molecule has 0 aromatic heterocycles. The van der Waals surface area contributed by atoms with Crippen molar-refractivity contribution < 1.29 is 13.3 Å². The molecular formula is C14H22FNO2S. The van der Waals surface area contributed by atoms with E-state index in [4.69, 9.17) is 4.74 Å². The minimum absolute atomic E-state index is 0.300. The molecule has 0 aliphatic heterocycles. The molecule has 0 radical (unpaired) electrons. The second-order valence-corrected chi connectivity index (χ2v) is 7.51. The Labute approximate surface area is 117 Å². The Hall–Kier alpha value is -0.780. The van der Waals surface area contributed by atoms with Crippen molar-refractivity contribution >= 4 is 11.0 Å². The maximum absolute atomic E-state index is 13.8. The molecule has 0 saturated heterocycles. The van der Waals surface area contributed by atoms with Crippen molar-refractivity contribution in [1.29, 1.82) is 0 Å². The summed E-state index contributed by atoms with van der Waals surface area (Å²) < 4.78 is 33.4. The largest absolute Gasteiger partial charge is 0.380 e. The maximum atomic E-state index is 13.8. The van der Waals surface area contributed by atoms with Crippen molar-refractivity contribution in [2.75, 3.05) is 7.11 Å². The van der Waals surface area contributed by atoms with E-state index in [-0.39, 0.29) is 16.6 Å². The summed E-state index contributed by atoms with van der Waals surface area (Å²) in [6.45, 7) is 7.86. The molecule has 19 heavy (non-hydrogen) atoms. The molecule has 0 bridgehead atoms. The number of methoxy groups -OCH3 is 1. The molecule has 0 aliphatic carbocycles. The summed E-state index contributed by atoms with van der Waals surface area (Å²) >= 11 is 0. The summed E-state index contributed by atoms with van der Waals surface area (Å²) in [6, 6.07) is 4.53. The summed E-state index contributed by atoms with van der Waals surface area (Å²) in [5, 5.41) is 0. The van der Waals surface area contributed by atoms with E-state index in [9.17, 15) is 8.60 Å². The van der Waals surface area contributed by atoms with Gasteiger partial charge in [-0.25, -0.2) is 13.3 Å². The van der Waals surface area contributed by atoms with Crippen LogP contribution in [0.4, 0.5) is 4.39 Å². The molecule has 5 heteroatoms. The predicted molar refractivity (Wildman–Crippen MR) is 76.6 cm³/mol. The van der Waals surface area contributed by atoms with E-state index in [2.05, 4.69) is 4.72 Å². The van der Waals surface area contributed by atoms with E-state index in [0.717, 1.165) is 5.56 Å². The van der Waals surface area contributed by atoms with Crippen LogP contribution in [0.2, 0.25) is 0 Å². The van der Waals surface area contributed by atoms with Gasteiger partial charge in [-0.3, -0.25) is 0 Å². The number of ether oxygens (including phenoxy) is 1. The van der Waals surface area contributed by atoms with Gasteiger partial charge in [0.1, 0.15) is 5.82 Å². The first-order valence-electron chi connectivity index (χ1n) is 6.21. The van der Waals surface area contributed by atoms with Crippen molar-refractivity contribution in [3.63, 3.8) is 0 Å². The highest BCUT2D eigenvalue weighted by molar-refractivity contribution is 7.84.